The molecule has 0 fully saturated rings. The molecule has 0 spiro atoms. The molecule has 0 rings (SSSR count). The maximum atomic E-state index is 10.9. The summed E-state index contributed by atoms with van der Waals surface area (Å²) in [5.41, 5.74) is 0. The number of hydrogen-bond acceptors (Lipinski definition) is 2. The summed E-state index contributed by atoms with van der Waals surface area (Å²) in [6, 6.07) is 0. The third-order valence-electron chi connectivity index (χ3n) is 0.328. The van der Waals surface area contributed by atoms with Gasteiger partial charge in [0, 0.05) is 0 Å². The maximum absolute atomic E-state index is 10.9. The predicted octanol–water partition coefficient (Wildman–Crippen LogP) is 0.553. The number of ether oxygens (including phenoxy) is 1. The lowest BCUT2D eigenvalue weighted by Crippen LogP contribution is -1.83. The highest BCUT2D eigenvalue weighted by molar-refractivity contribution is 5.38. The minimum Gasteiger partial charge on any atom is -0.453 e. The zero-order valence-electron chi connectivity index (χ0n) is 3.56. The Morgan fingerprint density at radius 1 is 1.86 bits per heavy atom. The van der Waals surface area contributed by atoms with Gasteiger partial charge in [-0.1, -0.05) is 0 Å². The second kappa shape index (κ2) is 5.14. The molecule has 0 aliphatic rings. The Morgan fingerprint density at radius 2 is 2.57 bits per heavy atom. The van der Waals surface area contributed by atoms with Crippen LogP contribution in [0, 0.1) is 0 Å². The standard InChI is InChI=1S/C4H4FO2/c5-2-1-3-7-4-6/h1-2H,3H2/b2-1+. The largest absolute Gasteiger partial charge is 0.453 e. The molecule has 0 saturated heterocycles. The molecule has 0 aliphatic carbocycles. The van der Waals surface area contributed by atoms with Gasteiger partial charge in [-0.25, -0.2) is 9.18 Å². The zero-order valence-corrected chi connectivity index (χ0v) is 3.56. The van der Waals surface area contributed by atoms with E-state index in [0.717, 1.165) is 12.5 Å². The molecule has 2 nitrogen and oxygen atoms in total. The molecule has 0 unspecified atom stereocenters. The lowest BCUT2D eigenvalue weighted by atomic mass is 10.7. The van der Waals surface area contributed by atoms with Crippen LogP contribution in [0.5, 0.6) is 0 Å². The molecule has 1 radical (unpaired) electrons. The van der Waals surface area contributed by atoms with Crippen molar-refractivity contribution in [2.24, 2.45) is 0 Å². The first-order valence-corrected chi connectivity index (χ1v) is 1.66. The molecule has 0 bridgehead atoms. The van der Waals surface area contributed by atoms with Gasteiger partial charge >= 0.3 is 6.47 Å². The zero-order chi connectivity index (χ0) is 5.54. The Labute approximate surface area is 40.6 Å². The topological polar surface area (TPSA) is 26.3 Å². The highest BCUT2D eigenvalue weighted by Crippen LogP contribution is 1.72. The van der Waals surface area contributed by atoms with Gasteiger partial charge in [-0.15, -0.1) is 0 Å². The molecule has 0 aliphatic heterocycles. The van der Waals surface area contributed by atoms with Crippen LogP contribution >= 0.6 is 0 Å². The van der Waals surface area contributed by atoms with Crippen molar-refractivity contribution in [3.05, 3.63) is 12.4 Å². The molecule has 0 atom stereocenters. The normalized spacial score (nSPS) is 9.29. The minimum absolute atomic E-state index is 0.0417. The van der Waals surface area contributed by atoms with Crippen molar-refractivity contribution in [3.8, 4) is 0 Å². The highest BCUT2D eigenvalue weighted by Gasteiger charge is 1.72. The third kappa shape index (κ3) is 5.14. The summed E-state index contributed by atoms with van der Waals surface area (Å²) in [7, 11) is 0. The Kier molecular flexibility index (Phi) is 4.51. The molecule has 0 saturated carbocycles. The van der Waals surface area contributed by atoms with Gasteiger partial charge in [-0.2, -0.15) is 0 Å². The van der Waals surface area contributed by atoms with Gasteiger partial charge in [-0.3, -0.25) is 0 Å². The van der Waals surface area contributed by atoms with Gasteiger partial charge in [0.1, 0.15) is 6.61 Å². The van der Waals surface area contributed by atoms with E-state index in [2.05, 4.69) is 4.74 Å². The van der Waals surface area contributed by atoms with E-state index in [9.17, 15) is 9.18 Å². The summed E-state index contributed by atoms with van der Waals surface area (Å²) in [4.78, 5) is 9.18. The molecular weight excluding hydrogens is 99.0 g/mol. The van der Waals surface area contributed by atoms with E-state index < -0.39 is 0 Å². The van der Waals surface area contributed by atoms with E-state index in [4.69, 9.17) is 0 Å². The molecule has 3 heteroatoms. The van der Waals surface area contributed by atoms with Crippen molar-refractivity contribution in [3.63, 3.8) is 0 Å². The number of halogens is 1. The van der Waals surface area contributed by atoms with Crippen LogP contribution < -0.4 is 0 Å². The van der Waals surface area contributed by atoms with Crippen LogP contribution in [0.2, 0.25) is 0 Å². The van der Waals surface area contributed by atoms with Crippen LogP contribution in [0.4, 0.5) is 4.39 Å². The van der Waals surface area contributed by atoms with Gasteiger partial charge in [0.2, 0.25) is 0 Å². The number of carbonyl (C=O) groups excluding carboxylic acids is 1. The predicted molar refractivity (Wildman–Crippen MR) is 21.9 cm³/mol. The van der Waals surface area contributed by atoms with E-state index in [1.165, 1.54) is 0 Å². The first-order valence-electron chi connectivity index (χ1n) is 1.66. The van der Waals surface area contributed by atoms with Gasteiger partial charge in [0.25, 0.3) is 0 Å². The van der Waals surface area contributed by atoms with Crippen molar-refractivity contribution >= 4 is 6.47 Å². The SMILES string of the molecule is O=[C]OC/C=C/F. The van der Waals surface area contributed by atoms with Crippen LogP contribution in [0.25, 0.3) is 0 Å². The molecule has 0 N–H and O–H groups in total. The van der Waals surface area contributed by atoms with Crippen LogP contribution in [0.15, 0.2) is 12.4 Å². The Balaban J connectivity index is 2.82. The Morgan fingerprint density at radius 3 is 3.00 bits per heavy atom. The van der Waals surface area contributed by atoms with E-state index in [1.54, 1.807) is 0 Å². The van der Waals surface area contributed by atoms with Gasteiger partial charge in [-0.05, 0) is 6.08 Å². The van der Waals surface area contributed by atoms with Crippen LogP contribution in [-0.4, -0.2) is 13.1 Å². The van der Waals surface area contributed by atoms with E-state index >= 15 is 0 Å². The fraction of sp³-hybridized carbons (Fsp3) is 0.250. The van der Waals surface area contributed by atoms with E-state index in [-0.39, 0.29) is 6.61 Å². The summed E-state index contributed by atoms with van der Waals surface area (Å²) < 4.78 is 14.9. The molecule has 7 heavy (non-hydrogen) atoms. The first kappa shape index (κ1) is 6.14. The maximum Gasteiger partial charge on any atom is 0.417 e. The monoisotopic (exact) mass is 103 g/mol. The lowest BCUT2D eigenvalue weighted by molar-refractivity contribution is 0.312. The molecule has 0 amide bonds. The average Bonchev–Trinajstić information content (AvgIpc) is 1.69. The number of hydrogen-bond donors (Lipinski definition) is 0. The summed E-state index contributed by atoms with van der Waals surface area (Å²) >= 11 is 0. The fourth-order valence-electron chi connectivity index (χ4n) is 0.119. The summed E-state index contributed by atoms with van der Waals surface area (Å²) in [6.07, 6.45) is 1.36. The Hall–Kier alpha value is -0.860. The van der Waals surface area contributed by atoms with Crippen LogP contribution in [0.1, 0.15) is 0 Å². The van der Waals surface area contributed by atoms with Gasteiger partial charge in [0.05, 0.1) is 6.33 Å². The Bertz CT molecular complexity index is 70.1. The van der Waals surface area contributed by atoms with Crippen molar-refractivity contribution in [2.75, 3.05) is 6.61 Å². The minimum atomic E-state index is -0.0417. The second-order valence-electron chi connectivity index (χ2n) is 0.756. The molecule has 0 heterocycles. The molecule has 0 aromatic heterocycles. The third-order valence-corrected chi connectivity index (χ3v) is 0.328. The van der Waals surface area contributed by atoms with Gasteiger partial charge in [0.15, 0.2) is 0 Å². The molecule has 0 aromatic carbocycles. The molecular formula is C4H4FO2. The van der Waals surface area contributed by atoms with Crippen LogP contribution in [-0.2, 0) is 9.53 Å². The average molecular weight is 103 g/mol. The summed E-state index contributed by atoms with van der Waals surface area (Å²) in [5, 5.41) is 0. The summed E-state index contributed by atoms with van der Waals surface area (Å²) in [6.45, 7) is 1.09. The highest BCUT2D eigenvalue weighted by atomic mass is 19.1. The molecule has 0 aromatic rings. The second-order valence-corrected chi connectivity index (χ2v) is 0.756. The quantitative estimate of drug-likeness (QED) is 0.487. The van der Waals surface area contributed by atoms with Crippen LogP contribution in [0.3, 0.4) is 0 Å². The van der Waals surface area contributed by atoms with E-state index in [1.807, 2.05) is 0 Å². The summed E-state index contributed by atoms with van der Waals surface area (Å²) in [5.74, 6) is 0. The van der Waals surface area contributed by atoms with Crippen molar-refractivity contribution in [1.29, 1.82) is 0 Å². The van der Waals surface area contributed by atoms with Crippen molar-refractivity contribution in [1.82, 2.24) is 0 Å². The van der Waals surface area contributed by atoms with E-state index in [0.29, 0.717) is 6.33 Å². The number of rotatable bonds is 3. The first-order chi connectivity index (χ1) is 3.41. The van der Waals surface area contributed by atoms with Crippen molar-refractivity contribution < 1.29 is 13.9 Å². The fourth-order valence-corrected chi connectivity index (χ4v) is 0.119. The van der Waals surface area contributed by atoms with Crippen molar-refractivity contribution in [2.45, 2.75) is 0 Å². The van der Waals surface area contributed by atoms with Gasteiger partial charge < -0.3 is 4.74 Å². The molecule has 39 valence electrons. The lowest BCUT2D eigenvalue weighted by Gasteiger charge is -1.81. The smallest absolute Gasteiger partial charge is 0.417 e.